The van der Waals surface area contributed by atoms with Crippen molar-refractivity contribution in [2.24, 2.45) is 11.8 Å². The van der Waals surface area contributed by atoms with Crippen molar-refractivity contribution in [3.63, 3.8) is 0 Å². The van der Waals surface area contributed by atoms with E-state index in [9.17, 15) is 9.59 Å². The lowest BCUT2D eigenvalue weighted by atomic mass is 9.93. The van der Waals surface area contributed by atoms with Crippen LogP contribution >= 0.6 is 0 Å². The van der Waals surface area contributed by atoms with Crippen LogP contribution in [0.25, 0.3) is 0 Å². The number of carbonyl (C=O) groups is 2. The number of hydrogen-bond acceptors (Lipinski definition) is 2. The Morgan fingerprint density at radius 2 is 1.94 bits per heavy atom. The largest absolute Gasteiger partial charge is 0.342 e. The van der Waals surface area contributed by atoms with Gasteiger partial charge in [0.15, 0.2) is 0 Å². The van der Waals surface area contributed by atoms with Crippen LogP contribution in [0.15, 0.2) is 12.7 Å². The van der Waals surface area contributed by atoms with Crippen molar-refractivity contribution in [1.82, 2.24) is 10.2 Å². The minimum absolute atomic E-state index is 0.0156. The summed E-state index contributed by atoms with van der Waals surface area (Å²) in [6, 6.07) is -0.758. The molecule has 1 aliphatic heterocycles. The van der Waals surface area contributed by atoms with Gasteiger partial charge in [0.1, 0.15) is 12.1 Å². The Labute approximate surface area is 109 Å². The Balaban J connectivity index is 2.93. The summed E-state index contributed by atoms with van der Waals surface area (Å²) in [6.45, 7) is 12.1. The van der Waals surface area contributed by atoms with Crippen molar-refractivity contribution in [2.75, 3.05) is 6.54 Å². The van der Waals surface area contributed by atoms with E-state index in [-0.39, 0.29) is 29.8 Å². The minimum atomic E-state index is -0.382. The lowest BCUT2D eigenvalue weighted by Crippen LogP contribution is -2.64. The zero-order valence-electron chi connectivity index (χ0n) is 11.8. The van der Waals surface area contributed by atoms with Gasteiger partial charge in [-0.1, -0.05) is 33.8 Å². The molecule has 0 aromatic heterocycles. The number of nitrogens with one attached hydrogen (secondary N) is 1. The predicted octanol–water partition coefficient (Wildman–Crippen LogP) is 1.57. The first-order chi connectivity index (χ1) is 8.38. The Morgan fingerprint density at radius 3 is 2.39 bits per heavy atom. The summed E-state index contributed by atoms with van der Waals surface area (Å²) in [4.78, 5) is 26.2. The molecule has 4 nitrogen and oxygen atoms in total. The van der Waals surface area contributed by atoms with Gasteiger partial charge in [0.2, 0.25) is 11.8 Å². The average Bonchev–Trinajstić information content (AvgIpc) is 2.24. The Morgan fingerprint density at radius 1 is 1.33 bits per heavy atom. The highest BCUT2D eigenvalue weighted by Crippen LogP contribution is 2.20. The van der Waals surface area contributed by atoms with Gasteiger partial charge in [0.05, 0.1) is 0 Å². The van der Waals surface area contributed by atoms with Gasteiger partial charge in [0, 0.05) is 6.54 Å². The van der Waals surface area contributed by atoms with Crippen molar-refractivity contribution in [1.29, 1.82) is 0 Å². The minimum Gasteiger partial charge on any atom is -0.342 e. The number of piperazine rings is 1. The van der Waals surface area contributed by atoms with E-state index in [4.69, 9.17) is 0 Å². The summed E-state index contributed by atoms with van der Waals surface area (Å²) in [5.41, 5.74) is 0. The van der Waals surface area contributed by atoms with E-state index in [1.807, 2.05) is 27.7 Å². The van der Waals surface area contributed by atoms with E-state index >= 15 is 0 Å². The van der Waals surface area contributed by atoms with Crippen molar-refractivity contribution in [3.8, 4) is 0 Å². The smallest absolute Gasteiger partial charge is 0.246 e. The fraction of sp³-hybridized carbons (Fsp3) is 0.714. The van der Waals surface area contributed by atoms with Gasteiger partial charge in [-0.2, -0.15) is 0 Å². The van der Waals surface area contributed by atoms with E-state index in [2.05, 4.69) is 11.9 Å². The first kappa shape index (κ1) is 14.7. The molecule has 0 spiro atoms. The molecule has 1 saturated heterocycles. The Bertz CT molecular complexity index is 337. The topological polar surface area (TPSA) is 49.4 Å². The molecule has 0 bridgehead atoms. The standard InChI is InChI=1S/C14H24N2O2/c1-6-7-16-12(10(4)5)13(17)15-11(14(16)18)8-9(2)3/h6,9-12H,1,7-8H2,2-5H3,(H,15,17). The number of amides is 2. The summed E-state index contributed by atoms with van der Waals surface area (Å²) in [5, 5.41) is 2.85. The van der Waals surface area contributed by atoms with Gasteiger partial charge in [-0.05, 0) is 18.3 Å². The van der Waals surface area contributed by atoms with Crippen molar-refractivity contribution in [2.45, 2.75) is 46.2 Å². The highest BCUT2D eigenvalue weighted by Gasteiger charge is 2.41. The molecule has 2 atom stereocenters. The van der Waals surface area contributed by atoms with Crippen LogP contribution in [0, 0.1) is 11.8 Å². The molecule has 0 aromatic carbocycles. The van der Waals surface area contributed by atoms with E-state index in [0.29, 0.717) is 18.9 Å². The summed E-state index contributed by atoms with van der Waals surface area (Å²) in [6.07, 6.45) is 2.36. The van der Waals surface area contributed by atoms with E-state index in [0.717, 1.165) is 0 Å². The first-order valence-corrected chi connectivity index (χ1v) is 6.60. The molecule has 102 valence electrons. The van der Waals surface area contributed by atoms with Crippen LogP contribution in [-0.4, -0.2) is 35.3 Å². The van der Waals surface area contributed by atoms with Gasteiger partial charge in [-0.15, -0.1) is 6.58 Å². The van der Waals surface area contributed by atoms with Crippen LogP contribution < -0.4 is 5.32 Å². The third kappa shape index (κ3) is 3.12. The van der Waals surface area contributed by atoms with Crippen LogP contribution in [0.5, 0.6) is 0 Å². The number of rotatable bonds is 5. The highest BCUT2D eigenvalue weighted by molar-refractivity contribution is 5.97. The molecule has 2 amide bonds. The molecule has 0 radical (unpaired) electrons. The SMILES string of the molecule is C=CCN1C(=O)C(CC(C)C)NC(=O)C1C(C)C. The highest BCUT2D eigenvalue weighted by atomic mass is 16.2. The molecule has 1 N–H and O–H groups in total. The third-order valence-electron chi connectivity index (χ3n) is 3.17. The molecule has 1 rings (SSSR count). The second-order valence-corrected chi connectivity index (χ2v) is 5.66. The fourth-order valence-electron chi connectivity index (χ4n) is 2.43. The average molecular weight is 252 g/mol. The summed E-state index contributed by atoms with van der Waals surface area (Å²) in [7, 11) is 0. The molecular weight excluding hydrogens is 228 g/mol. The number of carbonyl (C=O) groups excluding carboxylic acids is 2. The summed E-state index contributed by atoms with van der Waals surface area (Å²) < 4.78 is 0. The maximum atomic E-state index is 12.4. The summed E-state index contributed by atoms with van der Waals surface area (Å²) in [5.74, 6) is 0.452. The van der Waals surface area contributed by atoms with Crippen LogP contribution in [0.4, 0.5) is 0 Å². The molecule has 1 aliphatic rings. The maximum Gasteiger partial charge on any atom is 0.246 e. The zero-order valence-corrected chi connectivity index (χ0v) is 11.8. The Kier molecular flexibility index (Phi) is 4.93. The van der Waals surface area contributed by atoms with Crippen molar-refractivity contribution >= 4 is 11.8 Å². The van der Waals surface area contributed by atoms with Crippen molar-refractivity contribution in [3.05, 3.63) is 12.7 Å². The van der Waals surface area contributed by atoms with Crippen LogP contribution in [0.2, 0.25) is 0 Å². The van der Waals surface area contributed by atoms with E-state index in [1.165, 1.54) is 0 Å². The second kappa shape index (κ2) is 6.03. The molecule has 18 heavy (non-hydrogen) atoms. The first-order valence-electron chi connectivity index (χ1n) is 6.60. The van der Waals surface area contributed by atoms with Crippen LogP contribution in [0.3, 0.4) is 0 Å². The number of hydrogen-bond donors (Lipinski definition) is 1. The molecule has 4 heteroatoms. The summed E-state index contributed by atoms with van der Waals surface area (Å²) >= 11 is 0. The van der Waals surface area contributed by atoms with Gasteiger partial charge < -0.3 is 10.2 Å². The van der Waals surface area contributed by atoms with Gasteiger partial charge >= 0.3 is 0 Å². The van der Waals surface area contributed by atoms with Gasteiger partial charge in [0.25, 0.3) is 0 Å². The molecule has 0 saturated carbocycles. The number of nitrogens with zero attached hydrogens (tertiary/aromatic N) is 1. The quantitative estimate of drug-likeness (QED) is 0.755. The normalized spacial score (nSPS) is 24.7. The maximum absolute atomic E-state index is 12.4. The van der Waals surface area contributed by atoms with Crippen LogP contribution in [0.1, 0.15) is 34.1 Å². The molecule has 1 heterocycles. The van der Waals surface area contributed by atoms with Gasteiger partial charge in [-0.3, -0.25) is 9.59 Å². The fourth-order valence-corrected chi connectivity index (χ4v) is 2.43. The lowest BCUT2D eigenvalue weighted by Gasteiger charge is -2.40. The molecular formula is C14H24N2O2. The van der Waals surface area contributed by atoms with E-state index in [1.54, 1.807) is 11.0 Å². The molecule has 0 aromatic rings. The van der Waals surface area contributed by atoms with E-state index < -0.39 is 0 Å². The third-order valence-corrected chi connectivity index (χ3v) is 3.17. The second-order valence-electron chi connectivity index (χ2n) is 5.66. The Hall–Kier alpha value is -1.32. The van der Waals surface area contributed by atoms with Crippen molar-refractivity contribution < 1.29 is 9.59 Å². The molecule has 2 unspecified atom stereocenters. The molecule has 1 fully saturated rings. The zero-order chi connectivity index (χ0) is 13.9. The van der Waals surface area contributed by atoms with Gasteiger partial charge in [-0.25, -0.2) is 0 Å². The molecule has 0 aliphatic carbocycles. The monoisotopic (exact) mass is 252 g/mol. The van der Waals surface area contributed by atoms with Crippen LogP contribution in [-0.2, 0) is 9.59 Å². The predicted molar refractivity (Wildman–Crippen MR) is 71.9 cm³/mol. The lowest BCUT2D eigenvalue weighted by molar-refractivity contribution is -0.150.